The first kappa shape index (κ1) is 19.2. The molecule has 0 bridgehead atoms. The highest BCUT2D eigenvalue weighted by Crippen LogP contribution is 2.18. The minimum absolute atomic E-state index is 0.683. The van der Waals surface area contributed by atoms with E-state index in [0.717, 1.165) is 57.7 Å². The Morgan fingerprint density at radius 3 is 2.31 bits per heavy atom. The molecule has 0 radical (unpaired) electrons. The molecule has 0 atom stereocenters. The van der Waals surface area contributed by atoms with Gasteiger partial charge in [-0.1, -0.05) is 24.3 Å². The van der Waals surface area contributed by atoms with Gasteiger partial charge < -0.3 is 20.0 Å². The van der Waals surface area contributed by atoms with Crippen molar-refractivity contribution in [3.63, 3.8) is 0 Å². The number of rotatable bonds is 5. The van der Waals surface area contributed by atoms with Crippen molar-refractivity contribution < 1.29 is 0 Å². The summed E-state index contributed by atoms with van der Waals surface area (Å²) in [5.74, 6) is 1.79. The van der Waals surface area contributed by atoms with Crippen molar-refractivity contribution in [1.82, 2.24) is 20.2 Å². The molecule has 3 heterocycles. The van der Waals surface area contributed by atoms with Crippen molar-refractivity contribution in [2.45, 2.75) is 13.5 Å². The first-order chi connectivity index (χ1) is 14.3. The average molecular weight is 392 g/mol. The van der Waals surface area contributed by atoms with E-state index in [9.17, 15) is 0 Å². The summed E-state index contributed by atoms with van der Waals surface area (Å²) in [6.07, 6.45) is 8.02. The standard InChI is InChI=1S/C22H29N7/c1-2-23-21(28-14-16-29(17-15-28)22-24-10-5-11-25-22)26-18-19-6-8-20(9-7-19)27-12-3-4-13-27/h3-11H,2,12-18H2,1H3,(H,23,26). The maximum Gasteiger partial charge on any atom is 0.225 e. The Labute approximate surface area is 172 Å². The van der Waals surface area contributed by atoms with Crippen molar-refractivity contribution in [3.05, 3.63) is 60.4 Å². The van der Waals surface area contributed by atoms with Gasteiger partial charge in [-0.25, -0.2) is 15.0 Å². The third kappa shape index (κ3) is 4.85. The zero-order valence-electron chi connectivity index (χ0n) is 17.0. The van der Waals surface area contributed by atoms with Gasteiger partial charge in [-0.15, -0.1) is 0 Å². The van der Waals surface area contributed by atoms with Crippen molar-refractivity contribution >= 4 is 17.6 Å². The fourth-order valence-corrected chi connectivity index (χ4v) is 3.67. The molecule has 0 saturated carbocycles. The van der Waals surface area contributed by atoms with Crippen LogP contribution in [0.4, 0.5) is 11.6 Å². The molecule has 1 saturated heterocycles. The molecule has 1 aromatic heterocycles. The van der Waals surface area contributed by atoms with Crippen LogP contribution in [0, 0.1) is 0 Å². The number of anilines is 2. The Bertz CT molecular complexity index is 816. The Hall–Kier alpha value is -3.09. The molecule has 4 rings (SSSR count). The zero-order chi connectivity index (χ0) is 19.9. The summed E-state index contributed by atoms with van der Waals surface area (Å²) < 4.78 is 0. The number of aliphatic imine (C=N–C) groups is 1. The largest absolute Gasteiger partial charge is 0.364 e. The van der Waals surface area contributed by atoms with Gasteiger partial charge in [0, 0.05) is 63.9 Å². The van der Waals surface area contributed by atoms with E-state index in [4.69, 9.17) is 4.99 Å². The maximum absolute atomic E-state index is 4.89. The van der Waals surface area contributed by atoms with E-state index in [1.165, 1.54) is 11.3 Å². The molecular weight excluding hydrogens is 362 g/mol. The molecule has 0 aliphatic carbocycles. The topological polar surface area (TPSA) is 59.9 Å². The Morgan fingerprint density at radius 1 is 0.966 bits per heavy atom. The number of piperazine rings is 1. The normalized spacial score (nSPS) is 17.1. The lowest BCUT2D eigenvalue weighted by molar-refractivity contribution is 0.370. The number of hydrogen-bond donors (Lipinski definition) is 1. The highest BCUT2D eigenvalue weighted by molar-refractivity contribution is 5.80. The van der Waals surface area contributed by atoms with Gasteiger partial charge in [0.1, 0.15) is 0 Å². The van der Waals surface area contributed by atoms with Crippen LogP contribution < -0.4 is 15.1 Å². The monoisotopic (exact) mass is 391 g/mol. The van der Waals surface area contributed by atoms with E-state index in [0.29, 0.717) is 6.54 Å². The number of hydrogen-bond acceptors (Lipinski definition) is 5. The molecule has 152 valence electrons. The molecule has 1 fully saturated rings. The molecule has 0 unspecified atom stereocenters. The molecule has 2 aliphatic rings. The first-order valence-corrected chi connectivity index (χ1v) is 10.4. The summed E-state index contributed by atoms with van der Waals surface area (Å²) in [6.45, 7) is 9.27. The van der Waals surface area contributed by atoms with E-state index in [1.807, 2.05) is 6.07 Å². The van der Waals surface area contributed by atoms with Crippen LogP contribution in [0.3, 0.4) is 0 Å². The number of nitrogens with zero attached hydrogens (tertiary/aromatic N) is 6. The summed E-state index contributed by atoms with van der Waals surface area (Å²) >= 11 is 0. The lowest BCUT2D eigenvalue weighted by Gasteiger charge is -2.36. The van der Waals surface area contributed by atoms with Crippen LogP contribution in [0.2, 0.25) is 0 Å². The minimum atomic E-state index is 0.683. The van der Waals surface area contributed by atoms with Crippen LogP contribution in [0.15, 0.2) is 59.9 Å². The molecule has 0 spiro atoms. The van der Waals surface area contributed by atoms with E-state index >= 15 is 0 Å². The van der Waals surface area contributed by atoms with Gasteiger partial charge in [0.25, 0.3) is 0 Å². The van der Waals surface area contributed by atoms with Crippen LogP contribution in [0.5, 0.6) is 0 Å². The number of aromatic nitrogens is 2. The van der Waals surface area contributed by atoms with Crippen LogP contribution in [0.1, 0.15) is 12.5 Å². The highest BCUT2D eigenvalue weighted by atomic mass is 15.4. The molecule has 2 aliphatic heterocycles. The molecule has 1 aromatic carbocycles. The molecule has 1 N–H and O–H groups in total. The third-order valence-electron chi connectivity index (χ3n) is 5.28. The van der Waals surface area contributed by atoms with Gasteiger partial charge in [0.15, 0.2) is 5.96 Å². The predicted molar refractivity (Wildman–Crippen MR) is 118 cm³/mol. The molecule has 29 heavy (non-hydrogen) atoms. The summed E-state index contributed by atoms with van der Waals surface area (Å²) in [6, 6.07) is 10.6. The third-order valence-corrected chi connectivity index (χ3v) is 5.28. The second-order valence-electron chi connectivity index (χ2n) is 7.24. The van der Waals surface area contributed by atoms with Gasteiger partial charge in [0.2, 0.25) is 5.95 Å². The SMILES string of the molecule is CCNC(=NCc1ccc(N2CC=CC2)cc1)N1CCN(c2ncccn2)CC1. The summed E-state index contributed by atoms with van der Waals surface area (Å²) in [7, 11) is 0. The fraction of sp³-hybridized carbons (Fsp3) is 0.409. The van der Waals surface area contributed by atoms with Crippen molar-refractivity contribution in [2.75, 3.05) is 55.6 Å². The quantitative estimate of drug-likeness (QED) is 0.479. The van der Waals surface area contributed by atoms with Gasteiger partial charge in [-0.2, -0.15) is 0 Å². The molecule has 2 aromatic rings. The smallest absolute Gasteiger partial charge is 0.225 e. The van der Waals surface area contributed by atoms with E-state index < -0.39 is 0 Å². The maximum atomic E-state index is 4.89. The van der Waals surface area contributed by atoms with Crippen LogP contribution in [-0.4, -0.2) is 66.6 Å². The van der Waals surface area contributed by atoms with Crippen LogP contribution >= 0.6 is 0 Å². The van der Waals surface area contributed by atoms with Crippen LogP contribution in [0.25, 0.3) is 0 Å². The van der Waals surface area contributed by atoms with E-state index in [1.54, 1.807) is 12.4 Å². The molecular formula is C22H29N7. The molecule has 7 heteroatoms. The van der Waals surface area contributed by atoms with Gasteiger partial charge >= 0.3 is 0 Å². The average Bonchev–Trinajstić information content (AvgIpc) is 3.33. The lowest BCUT2D eigenvalue weighted by atomic mass is 10.2. The second kappa shape index (κ2) is 9.41. The van der Waals surface area contributed by atoms with E-state index in [-0.39, 0.29) is 0 Å². The number of guanidine groups is 1. The molecule has 0 amide bonds. The van der Waals surface area contributed by atoms with Crippen molar-refractivity contribution in [3.8, 4) is 0 Å². The number of benzene rings is 1. The Kier molecular flexibility index (Phi) is 6.24. The zero-order valence-corrected chi connectivity index (χ0v) is 17.0. The summed E-state index contributed by atoms with van der Waals surface area (Å²) in [4.78, 5) is 20.5. The predicted octanol–water partition coefficient (Wildman–Crippen LogP) is 2.14. The summed E-state index contributed by atoms with van der Waals surface area (Å²) in [5.41, 5.74) is 2.50. The highest BCUT2D eigenvalue weighted by Gasteiger charge is 2.21. The van der Waals surface area contributed by atoms with Crippen molar-refractivity contribution in [1.29, 1.82) is 0 Å². The van der Waals surface area contributed by atoms with Gasteiger partial charge in [-0.3, -0.25) is 0 Å². The molecule has 7 nitrogen and oxygen atoms in total. The second-order valence-corrected chi connectivity index (χ2v) is 7.24. The van der Waals surface area contributed by atoms with Gasteiger partial charge in [0.05, 0.1) is 6.54 Å². The Morgan fingerprint density at radius 2 is 1.66 bits per heavy atom. The summed E-state index contributed by atoms with van der Waals surface area (Å²) in [5, 5.41) is 3.44. The van der Waals surface area contributed by atoms with Crippen LogP contribution in [-0.2, 0) is 6.54 Å². The fourth-order valence-electron chi connectivity index (χ4n) is 3.67. The minimum Gasteiger partial charge on any atom is -0.364 e. The van der Waals surface area contributed by atoms with E-state index in [2.05, 4.69) is 73.3 Å². The lowest BCUT2D eigenvalue weighted by Crippen LogP contribution is -2.52. The Balaban J connectivity index is 1.35. The first-order valence-electron chi connectivity index (χ1n) is 10.4. The van der Waals surface area contributed by atoms with Crippen molar-refractivity contribution in [2.24, 2.45) is 4.99 Å². The number of nitrogens with one attached hydrogen (secondary N) is 1. The van der Waals surface area contributed by atoms with Gasteiger partial charge in [-0.05, 0) is 30.7 Å².